The number of rotatable bonds is 7. The minimum Gasteiger partial charge on any atom is -0.393 e. The maximum Gasteiger partial charge on any atom is 0.191 e. The second-order valence-electron chi connectivity index (χ2n) is 7.51. The summed E-state index contributed by atoms with van der Waals surface area (Å²) >= 11 is 0. The van der Waals surface area contributed by atoms with Gasteiger partial charge in [-0.2, -0.15) is 0 Å². The molecule has 5 nitrogen and oxygen atoms in total. The minimum atomic E-state index is -0.282. The highest BCUT2D eigenvalue weighted by molar-refractivity contribution is 14.0. The molecule has 1 saturated heterocycles. The number of nitrogens with one attached hydrogen (secondary N) is 2. The fourth-order valence-corrected chi connectivity index (χ4v) is 3.54. The third-order valence-electron chi connectivity index (χ3n) is 5.18. The van der Waals surface area contributed by atoms with E-state index in [9.17, 15) is 13.9 Å². The Morgan fingerprint density at radius 1 is 1.10 bits per heavy atom. The number of hydrogen-bond donors (Lipinski definition) is 3. The van der Waals surface area contributed by atoms with Crippen LogP contribution in [0.5, 0.6) is 0 Å². The number of hydrogen-bond acceptors (Lipinski definition) is 3. The quantitative estimate of drug-likeness (QED) is 0.282. The van der Waals surface area contributed by atoms with E-state index in [0.29, 0.717) is 63.6 Å². The van der Waals surface area contributed by atoms with Gasteiger partial charge in [0.05, 0.1) is 18.3 Å². The van der Waals surface area contributed by atoms with Crippen molar-refractivity contribution in [2.45, 2.75) is 38.8 Å². The van der Waals surface area contributed by atoms with E-state index in [1.807, 2.05) is 24.0 Å². The van der Waals surface area contributed by atoms with Gasteiger partial charge in [0.25, 0.3) is 0 Å². The molecule has 31 heavy (non-hydrogen) atoms. The van der Waals surface area contributed by atoms with Crippen molar-refractivity contribution in [2.24, 2.45) is 4.99 Å². The third-order valence-corrected chi connectivity index (χ3v) is 5.18. The van der Waals surface area contributed by atoms with Crippen molar-refractivity contribution in [1.29, 1.82) is 0 Å². The van der Waals surface area contributed by atoms with Crippen molar-refractivity contribution in [3.05, 3.63) is 65.2 Å². The normalized spacial score (nSPS) is 14.8. The summed E-state index contributed by atoms with van der Waals surface area (Å²) in [5, 5.41) is 16.0. The Bertz CT molecular complexity index is 857. The van der Waals surface area contributed by atoms with Gasteiger partial charge in [0.2, 0.25) is 0 Å². The number of anilines is 1. The molecule has 0 aliphatic carbocycles. The number of guanidine groups is 1. The maximum absolute atomic E-state index is 14.6. The van der Waals surface area contributed by atoms with E-state index < -0.39 is 0 Å². The number of benzene rings is 2. The van der Waals surface area contributed by atoms with Crippen LogP contribution in [0.2, 0.25) is 0 Å². The molecule has 1 aliphatic rings. The largest absolute Gasteiger partial charge is 0.393 e. The van der Waals surface area contributed by atoms with E-state index in [1.165, 1.54) is 18.2 Å². The first kappa shape index (κ1) is 25.3. The molecule has 0 bridgehead atoms. The van der Waals surface area contributed by atoms with Crippen molar-refractivity contribution >= 4 is 35.6 Å². The molecule has 0 unspecified atom stereocenters. The lowest BCUT2D eigenvalue weighted by Crippen LogP contribution is -2.38. The molecular formula is C23H31F2IN4O. The Balaban J connectivity index is 0.00000341. The van der Waals surface area contributed by atoms with Gasteiger partial charge < -0.3 is 20.6 Å². The van der Waals surface area contributed by atoms with Gasteiger partial charge in [-0.15, -0.1) is 24.0 Å². The molecule has 2 aromatic rings. The van der Waals surface area contributed by atoms with Gasteiger partial charge in [-0.05, 0) is 61.6 Å². The van der Waals surface area contributed by atoms with Crippen molar-refractivity contribution < 1.29 is 13.9 Å². The molecule has 0 aromatic heterocycles. The van der Waals surface area contributed by atoms with Crippen LogP contribution in [0, 0.1) is 11.6 Å². The second kappa shape index (κ2) is 12.8. The zero-order valence-electron chi connectivity index (χ0n) is 17.8. The summed E-state index contributed by atoms with van der Waals surface area (Å²) in [7, 11) is 0. The predicted molar refractivity (Wildman–Crippen MR) is 132 cm³/mol. The van der Waals surface area contributed by atoms with Gasteiger partial charge in [-0.25, -0.2) is 13.8 Å². The fourth-order valence-electron chi connectivity index (χ4n) is 3.54. The molecule has 0 radical (unpaired) electrons. The van der Waals surface area contributed by atoms with E-state index in [0.717, 1.165) is 11.1 Å². The lowest BCUT2D eigenvalue weighted by molar-refractivity contribution is 0.145. The average Bonchev–Trinajstić information content (AvgIpc) is 2.73. The number of aliphatic imine (C=N–C) groups is 1. The Morgan fingerprint density at radius 2 is 1.87 bits per heavy atom. The highest BCUT2D eigenvalue weighted by Gasteiger charge is 2.19. The summed E-state index contributed by atoms with van der Waals surface area (Å²) in [5.41, 5.74) is 2.28. The average molecular weight is 544 g/mol. The minimum absolute atomic E-state index is 0. The summed E-state index contributed by atoms with van der Waals surface area (Å²) in [6.45, 7) is 4.98. The van der Waals surface area contributed by atoms with Crippen molar-refractivity contribution in [2.75, 3.05) is 31.1 Å². The van der Waals surface area contributed by atoms with E-state index in [-0.39, 0.29) is 41.7 Å². The number of aliphatic hydroxyl groups excluding tert-OH is 1. The van der Waals surface area contributed by atoms with Gasteiger partial charge in [0.1, 0.15) is 11.6 Å². The lowest BCUT2D eigenvalue weighted by Gasteiger charge is -2.31. The summed E-state index contributed by atoms with van der Waals surface area (Å²) in [6.07, 6.45) is 1.73. The molecule has 0 amide bonds. The zero-order valence-corrected chi connectivity index (χ0v) is 20.1. The molecule has 0 saturated carbocycles. The fraction of sp³-hybridized carbons (Fsp3) is 0.435. The van der Waals surface area contributed by atoms with Gasteiger partial charge in [0, 0.05) is 26.2 Å². The number of nitrogens with zero attached hydrogens (tertiary/aromatic N) is 2. The van der Waals surface area contributed by atoms with Crippen molar-refractivity contribution in [3.63, 3.8) is 0 Å². The van der Waals surface area contributed by atoms with E-state index in [4.69, 9.17) is 0 Å². The topological polar surface area (TPSA) is 59.9 Å². The Hall–Kier alpha value is -1.94. The number of halogens is 3. The lowest BCUT2D eigenvalue weighted by atomic mass is 10.1. The van der Waals surface area contributed by atoms with E-state index >= 15 is 0 Å². The molecule has 1 aliphatic heterocycles. The van der Waals surface area contributed by atoms with Crippen LogP contribution in [0.3, 0.4) is 0 Å². The Labute approximate surface area is 200 Å². The highest BCUT2D eigenvalue weighted by Crippen LogP contribution is 2.24. The molecule has 1 heterocycles. The predicted octanol–water partition coefficient (Wildman–Crippen LogP) is 3.84. The number of aliphatic hydroxyl groups is 1. The smallest absolute Gasteiger partial charge is 0.191 e. The van der Waals surface area contributed by atoms with Crippen molar-refractivity contribution in [3.8, 4) is 0 Å². The monoisotopic (exact) mass is 544 g/mol. The second-order valence-corrected chi connectivity index (χ2v) is 7.51. The SMILES string of the molecule is CCNC(=NCc1ccc(N2CCC(O)CC2)c(F)c1)NCCc1cccc(F)c1.I. The van der Waals surface area contributed by atoms with Crippen LogP contribution in [0.4, 0.5) is 14.5 Å². The molecular weight excluding hydrogens is 513 g/mol. The van der Waals surface area contributed by atoms with Crippen LogP contribution < -0.4 is 15.5 Å². The summed E-state index contributed by atoms with van der Waals surface area (Å²) in [6, 6.07) is 11.8. The molecule has 1 fully saturated rings. The Morgan fingerprint density at radius 3 is 2.55 bits per heavy atom. The summed E-state index contributed by atoms with van der Waals surface area (Å²) < 4.78 is 27.9. The number of piperidine rings is 1. The van der Waals surface area contributed by atoms with Crippen LogP contribution in [0.1, 0.15) is 30.9 Å². The third kappa shape index (κ3) is 7.92. The van der Waals surface area contributed by atoms with Crippen LogP contribution >= 0.6 is 24.0 Å². The summed E-state index contributed by atoms with van der Waals surface area (Å²) in [4.78, 5) is 6.51. The Kier molecular flexibility index (Phi) is 10.5. The molecule has 8 heteroatoms. The first-order valence-electron chi connectivity index (χ1n) is 10.5. The standard InChI is InChI=1S/C23H30F2N4O.HI/c1-2-26-23(27-11-8-17-4-3-5-19(24)14-17)28-16-18-6-7-22(21(25)15-18)29-12-9-20(30)10-13-29;/h3-7,14-15,20,30H,2,8-13,16H2,1H3,(H2,26,27,28);1H. The van der Waals surface area contributed by atoms with E-state index in [2.05, 4.69) is 15.6 Å². The first-order valence-corrected chi connectivity index (χ1v) is 10.5. The summed E-state index contributed by atoms with van der Waals surface area (Å²) in [5.74, 6) is 0.144. The molecule has 0 spiro atoms. The molecule has 3 rings (SSSR count). The molecule has 170 valence electrons. The first-order chi connectivity index (χ1) is 14.5. The highest BCUT2D eigenvalue weighted by atomic mass is 127. The molecule has 2 aromatic carbocycles. The zero-order chi connectivity index (χ0) is 21.3. The van der Waals surface area contributed by atoms with E-state index in [1.54, 1.807) is 12.1 Å². The van der Waals surface area contributed by atoms with Gasteiger partial charge in [-0.3, -0.25) is 0 Å². The van der Waals surface area contributed by atoms with Gasteiger partial charge in [-0.1, -0.05) is 18.2 Å². The van der Waals surface area contributed by atoms with Gasteiger partial charge >= 0.3 is 0 Å². The molecule has 0 atom stereocenters. The molecule has 3 N–H and O–H groups in total. The van der Waals surface area contributed by atoms with Crippen molar-refractivity contribution in [1.82, 2.24) is 10.6 Å². The van der Waals surface area contributed by atoms with Gasteiger partial charge in [0.15, 0.2) is 5.96 Å². The van der Waals surface area contributed by atoms with Crippen LogP contribution in [0.15, 0.2) is 47.5 Å². The van der Waals surface area contributed by atoms with Crippen LogP contribution in [-0.2, 0) is 13.0 Å². The van der Waals surface area contributed by atoms with Crippen LogP contribution in [0.25, 0.3) is 0 Å². The maximum atomic E-state index is 14.6. The van der Waals surface area contributed by atoms with Crippen LogP contribution in [-0.4, -0.2) is 43.3 Å².